The van der Waals surface area contributed by atoms with Crippen LogP contribution in [0, 0.1) is 0 Å². The molecule has 1 rings (SSSR count). The fourth-order valence-electron chi connectivity index (χ4n) is 2.17. The molecule has 0 aromatic carbocycles. The molecule has 20 heavy (non-hydrogen) atoms. The van der Waals surface area contributed by atoms with E-state index in [1.165, 1.54) is 19.1 Å². The summed E-state index contributed by atoms with van der Waals surface area (Å²) in [6.45, 7) is 1.97. The topological polar surface area (TPSA) is 105 Å². The molecule has 1 aliphatic rings. The van der Waals surface area contributed by atoms with Crippen molar-refractivity contribution in [3.8, 4) is 0 Å². The van der Waals surface area contributed by atoms with E-state index in [1.54, 1.807) is 6.92 Å². The molecule has 0 aromatic heterocycles. The van der Waals surface area contributed by atoms with Gasteiger partial charge in [-0.15, -0.1) is 0 Å². The second-order valence-electron chi connectivity index (χ2n) is 4.58. The molecule has 8 heteroatoms. The lowest BCUT2D eigenvalue weighted by molar-refractivity contribution is -0.150. The molecule has 8 nitrogen and oxygen atoms in total. The third kappa shape index (κ3) is 3.60. The van der Waals surface area contributed by atoms with Crippen LogP contribution in [-0.4, -0.2) is 66.9 Å². The van der Waals surface area contributed by atoms with Gasteiger partial charge in [0, 0.05) is 13.7 Å². The minimum atomic E-state index is -1.04. The number of carboxylic acid groups (broad SMARTS) is 1. The van der Waals surface area contributed by atoms with E-state index < -0.39 is 36.2 Å². The van der Waals surface area contributed by atoms with Crippen molar-refractivity contribution >= 4 is 18.0 Å². The molecule has 0 bridgehead atoms. The molecule has 114 valence electrons. The normalized spacial score (nSPS) is 21.1. The number of amides is 2. The standard InChI is InChI=1S/C12H20N2O6/c1-7(19-2)9(13-12(18)20-3)10(15)14-6-4-5-8(14)11(16)17/h7-9H,4-6H2,1-3H3,(H,13,18)(H,16,17)/t7?,8-,9-/m0/s1. The van der Waals surface area contributed by atoms with Crippen molar-refractivity contribution in [1.29, 1.82) is 0 Å². The quantitative estimate of drug-likeness (QED) is 0.727. The van der Waals surface area contributed by atoms with Crippen LogP contribution in [-0.2, 0) is 19.1 Å². The predicted octanol–water partition coefficient (Wildman–Crippen LogP) is -0.178. The number of aliphatic carboxylic acids is 1. The minimum absolute atomic E-state index is 0.353. The summed E-state index contributed by atoms with van der Waals surface area (Å²) in [6, 6.07) is -1.83. The Morgan fingerprint density at radius 3 is 2.50 bits per heavy atom. The third-order valence-electron chi connectivity index (χ3n) is 3.39. The summed E-state index contributed by atoms with van der Waals surface area (Å²) < 4.78 is 9.54. The fourth-order valence-corrected chi connectivity index (χ4v) is 2.17. The van der Waals surface area contributed by atoms with Gasteiger partial charge >= 0.3 is 12.1 Å². The number of carboxylic acids is 1. The maximum absolute atomic E-state index is 12.4. The Bertz CT molecular complexity index is 386. The fraction of sp³-hybridized carbons (Fsp3) is 0.750. The Morgan fingerprint density at radius 1 is 1.35 bits per heavy atom. The van der Waals surface area contributed by atoms with Gasteiger partial charge in [0.05, 0.1) is 13.2 Å². The van der Waals surface area contributed by atoms with E-state index in [9.17, 15) is 14.4 Å². The monoisotopic (exact) mass is 288 g/mol. The average molecular weight is 288 g/mol. The van der Waals surface area contributed by atoms with Crippen molar-refractivity contribution in [2.75, 3.05) is 20.8 Å². The maximum atomic E-state index is 12.4. The summed E-state index contributed by atoms with van der Waals surface area (Å²) >= 11 is 0. The van der Waals surface area contributed by atoms with Crippen molar-refractivity contribution in [2.24, 2.45) is 0 Å². The summed E-state index contributed by atoms with van der Waals surface area (Å²) in [4.78, 5) is 36.1. The Hall–Kier alpha value is -1.83. The molecular weight excluding hydrogens is 268 g/mol. The van der Waals surface area contributed by atoms with Gasteiger partial charge in [0.1, 0.15) is 12.1 Å². The van der Waals surface area contributed by atoms with Crippen LogP contribution in [0.5, 0.6) is 0 Å². The van der Waals surface area contributed by atoms with Gasteiger partial charge in [-0.2, -0.15) is 0 Å². The van der Waals surface area contributed by atoms with Crippen molar-refractivity contribution in [2.45, 2.75) is 38.0 Å². The number of alkyl carbamates (subject to hydrolysis) is 1. The number of methoxy groups -OCH3 is 2. The summed E-state index contributed by atoms with van der Waals surface area (Å²) in [5.74, 6) is -1.52. The number of nitrogens with zero attached hydrogens (tertiary/aromatic N) is 1. The molecule has 1 saturated heterocycles. The van der Waals surface area contributed by atoms with Crippen molar-refractivity contribution in [3.05, 3.63) is 0 Å². The Labute approximate surface area is 117 Å². The number of carbonyl (C=O) groups is 3. The Morgan fingerprint density at radius 2 is 2.00 bits per heavy atom. The van der Waals surface area contributed by atoms with E-state index in [0.717, 1.165) is 0 Å². The lowest BCUT2D eigenvalue weighted by Crippen LogP contribution is -2.56. The molecule has 0 radical (unpaired) electrons. The van der Waals surface area contributed by atoms with E-state index in [4.69, 9.17) is 9.84 Å². The molecule has 3 atom stereocenters. The molecule has 1 unspecified atom stereocenters. The highest BCUT2D eigenvalue weighted by atomic mass is 16.5. The molecule has 0 aliphatic carbocycles. The first-order valence-electron chi connectivity index (χ1n) is 6.33. The van der Waals surface area contributed by atoms with Gasteiger partial charge in [0.2, 0.25) is 5.91 Å². The Balaban J connectivity index is 2.86. The van der Waals surface area contributed by atoms with Crippen molar-refractivity contribution in [3.63, 3.8) is 0 Å². The average Bonchev–Trinajstić information content (AvgIpc) is 2.92. The van der Waals surface area contributed by atoms with Gasteiger partial charge in [-0.3, -0.25) is 4.79 Å². The number of carbonyl (C=O) groups excluding carboxylic acids is 2. The van der Waals surface area contributed by atoms with E-state index in [-0.39, 0.29) is 0 Å². The molecule has 0 saturated carbocycles. The zero-order valence-corrected chi connectivity index (χ0v) is 11.8. The zero-order chi connectivity index (χ0) is 15.3. The van der Waals surface area contributed by atoms with Crippen LogP contribution in [0.4, 0.5) is 4.79 Å². The van der Waals surface area contributed by atoms with Crippen LogP contribution in [0.25, 0.3) is 0 Å². The van der Waals surface area contributed by atoms with E-state index in [1.807, 2.05) is 0 Å². The van der Waals surface area contributed by atoms with Crippen LogP contribution >= 0.6 is 0 Å². The van der Waals surface area contributed by atoms with E-state index >= 15 is 0 Å². The highest BCUT2D eigenvalue weighted by Gasteiger charge is 2.39. The number of ether oxygens (including phenoxy) is 2. The second-order valence-corrected chi connectivity index (χ2v) is 4.58. The maximum Gasteiger partial charge on any atom is 0.407 e. The molecular formula is C12H20N2O6. The summed E-state index contributed by atoms with van der Waals surface area (Å²) in [5.41, 5.74) is 0. The first-order valence-corrected chi connectivity index (χ1v) is 6.33. The van der Waals surface area contributed by atoms with Crippen LogP contribution in [0.3, 0.4) is 0 Å². The van der Waals surface area contributed by atoms with E-state index in [2.05, 4.69) is 10.1 Å². The van der Waals surface area contributed by atoms with Crippen LogP contribution in [0.1, 0.15) is 19.8 Å². The first-order chi connectivity index (χ1) is 9.42. The molecule has 2 amide bonds. The molecule has 0 aromatic rings. The molecule has 1 fully saturated rings. The highest BCUT2D eigenvalue weighted by Crippen LogP contribution is 2.19. The minimum Gasteiger partial charge on any atom is -0.480 e. The lowest BCUT2D eigenvalue weighted by Gasteiger charge is -2.29. The van der Waals surface area contributed by atoms with Crippen LogP contribution < -0.4 is 5.32 Å². The third-order valence-corrected chi connectivity index (χ3v) is 3.39. The van der Waals surface area contributed by atoms with Gasteiger partial charge < -0.3 is 24.8 Å². The van der Waals surface area contributed by atoms with Gasteiger partial charge in [-0.1, -0.05) is 0 Å². The van der Waals surface area contributed by atoms with Gasteiger partial charge in [0.25, 0.3) is 0 Å². The smallest absolute Gasteiger partial charge is 0.407 e. The largest absolute Gasteiger partial charge is 0.480 e. The highest BCUT2D eigenvalue weighted by molar-refractivity contribution is 5.90. The lowest BCUT2D eigenvalue weighted by atomic mass is 10.1. The molecule has 1 aliphatic heterocycles. The first kappa shape index (κ1) is 16.2. The van der Waals surface area contributed by atoms with Crippen LogP contribution in [0.2, 0.25) is 0 Å². The summed E-state index contributed by atoms with van der Waals surface area (Å²) in [7, 11) is 2.59. The van der Waals surface area contributed by atoms with Crippen molar-refractivity contribution < 1.29 is 29.0 Å². The molecule has 2 N–H and O–H groups in total. The SMILES string of the molecule is COC(=O)N[C@H](C(=O)N1CCC[C@H]1C(=O)O)C(C)OC. The van der Waals surface area contributed by atoms with Crippen molar-refractivity contribution in [1.82, 2.24) is 10.2 Å². The van der Waals surface area contributed by atoms with Gasteiger partial charge in [0.15, 0.2) is 0 Å². The predicted molar refractivity (Wildman–Crippen MR) is 68.2 cm³/mol. The number of likely N-dealkylation sites (tertiary alicyclic amines) is 1. The summed E-state index contributed by atoms with van der Waals surface area (Å²) in [6.07, 6.45) is -0.336. The number of hydrogen-bond donors (Lipinski definition) is 2. The van der Waals surface area contributed by atoms with Gasteiger partial charge in [-0.05, 0) is 19.8 Å². The number of nitrogens with one attached hydrogen (secondary N) is 1. The molecule has 1 heterocycles. The Kier molecular flexibility index (Phi) is 5.75. The second kappa shape index (κ2) is 7.09. The van der Waals surface area contributed by atoms with Gasteiger partial charge in [-0.25, -0.2) is 9.59 Å². The number of rotatable bonds is 5. The number of hydrogen-bond acceptors (Lipinski definition) is 5. The molecule has 0 spiro atoms. The van der Waals surface area contributed by atoms with E-state index in [0.29, 0.717) is 19.4 Å². The zero-order valence-electron chi connectivity index (χ0n) is 11.8. The summed E-state index contributed by atoms with van der Waals surface area (Å²) in [5, 5.41) is 11.5. The van der Waals surface area contributed by atoms with Crippen LogP contribution in [0.15, 0.2) is 0 Å².